The number of nitrogens with one attached hydrogen (secondary N) is 1. The van der Waals surface area contributed by atoms with E-state index in [9.17, 15) is 25.0 Å². The molecule has 1 N–H and O–H groups in total. The molecule has 2 rings (SSSR count). The fraction of sp³-hybridized carbons (Fsp3) is 0.500. The first-order valence-electron chi connectivity index (χ1n) is 8.12. The van der Waals surface area contributed by atoms with E-state index >= 15 is 0 Å². The fourth-order valence-corrected chi connectivity index (χ4v) is 2.78. The van der Waals surface area contributed by atoms with Crippen LogP contribution < -0.4 is 5.43 Å². The quantitative estimate of drug-likeness (QED) is 0.464. The van der Waals surface area contributed by atoms with Gasteiger partial charge in [-0.2, -0.15) is 5.10 Å². The van der Waals surface area contributed by atoms with Gasteiger partial charge in [0.25, 0.3) is 5.69 Å². The molecule has 1 atom stereocenters. The number of carbonyl (C=O) groups is 1. The Bertz CT molecular complexity index is 776. The Morgan fingerprint density at radius 1 is 1.31 bits per heavy atom. The molecule has 10 heteroatoms. The van der Waals surface area contributed by atoms with Gasteiger partial charge in [0.2, 0.25) is 0 Å². The Balaban J connectivity index is 2.29. The second-order valence-electron chi connectivity index (χ2n) is 6.53. The van der Waals surface area contributed by atoms with Gasteiger partial charge in [-0.15, -0.1) is 0 Å². The number of nitrogens with zero attached hydrogens (tertiary/aromatic N) is 3. The number of esters is 1. The number of hydrogen-bond donors (Lipinski definition) is 1. The molecular weight excluding hydrogens is 344 g/mol. The molecule has 1 saturated carbocycles. The van der Waals surface area contributed by atoms with Crippen molar-refractivity contribution in [1.82, 2.24) is 0 Å². The molecule has 0 bridgehead atoms. The summed E-state index contributed by atoms with van der Waals surface area (Å²) < 4.78 is 5.29. The molecule has 1 aliphatic carbocycles. The van der Waals surface area contributed by atoms with E-state index in [0.717, 1.165) is 18.6 Å². The van der Waals surface area contributed by atoms with Crippen LogP contribution in [0, 0.1) is 25.6 Å². The van der Waals surface area contributed by atoms with Crippen molar-refractivity contribution >= 4 is 28.7 Å². The van der Waals surface area contributed by atoms with Gasteiger partial charge in [0.1, 0.15) is 11.1 Å². The maximum Gasteiger partial charge on any atom is 0.317 e. The van der Waals surface area contributed by atoms with Crippen molar-refractivity contribution < 1.29 is 19.4 Å². The van der Waals surface area contributed by atoms with Crippen molar-refractivity contribution in [3.8, 4) is 0 Å². The molecular formula is C16H20N4O6. The predicted octanol–water partition coefficient (Wildman–Crippen LogP) is 3.41. The van der Waals surface area contributed by atoms with Crippen LogP contribution in [0.15, 0.2) is 23.3 Å². The first kappa shape index (κ1) is 19.3. The third kappa shape index (κ3) is 3.95. The number of anilines is 1. The number of nitro benzene ring substituents is 2. The van der Waals surface area contributed by atoms with Crippen molar-refractivity contribution in [3.05, 3.63) is 38.4 Å². The summed E-state index contributed by atoms with van der Waals surface area (Å²) in [5.74, 6) is -0.385. The molecule has 140 valence electrons. The summed E-state index contributed by atoms with van der Waals surface area (Å²) in [6, 6.07) is 3.23. The molecule has 0 radical (unpaired) electrons. The lowest BCUT2D eigenvalue weighted by Gasteiger charge is -2.24. The van der Waals surface area contributed by atoms with Crippen molar-refractivity contribution in [1.29, 1.82) is 0 Å². The van der Waals surface area contributed by atoms with Gasteiger partial charge in [-0.1, -0.05) is 0 Å². The normalized spacial score (nSPS) is 21.0. The molecule has 1 aromatic rings. The molecule has 10 nitrogen and oxygen atoms in total. The smallest absolute Gasteiger partial charge is 0.317 e. The number of carbonyl (C=O) groups excluding carboxylic acids is 1. The highest BCUT2D eigenvalue weighted by molar-refractivity contribution is 6.08. The molecule has 0 aromatic heterocycles. The van der Waals surface area contributed by atoms with E-state index in [1.807, 2.05) is 0 Å². The van der Waals surface area contributed by atoms with E-state index in [1.165, 1.54) is 6.07 Å². The molecule has 1 fully saturated rings. The molecule has 0 heterocycles. The van der Waals surface area contributed by atoms with Gasteiger partial charge in [0.15, 0.2) is 0 Å². The highest BCUT2D eigenvalue weighted by Gasteiger charge is 2.44. The average Bonchev–Trinajstić information content (AvgIpc) is 2.94. The molecule has 1 aliphatic rings. The van der Waals surface area contributed by atoms with E-state index in [4.69, 9.17) is 4.74 Å². The number of hydrazone groups is 1. The van der Waals surface area contributed by atoms with Crippen LogP contribution in [-0.2, 0) is 9.53 Å². The molecule has 0 amide bonds. The molecule has 26 heavy (non-hydrogen) atoms. The van der Waals surface area contributed by atoms with Crippen LogP contribution in [0.5, 0.6) is 0 Å². The largest absolute Gasteiger partial charge is 0.462 e. The zero-order valence-electron chi connectivity index (χ0n) is 14.7. The fourth-order valence-electron chi connectivity index (χ4n) is 2.78. The molecule has 0 aliphatic heterocycles. The first-order valence-corrected chi connectivity index (χ1v) is 8.12. The van der Waals surface area contributed by atoms with Crippen LogP contribution >= 0.6 is 0 Å². The Labute approximate surface area is 149 Å². The minimum absolute atomic E-state index is 0.0135. The van der Waals surface area contributed by atoms with Crippen LogP contribution in [0.1, 0.15) is 40.0 Å². The van der Waals surface area contributed by atoms with Gasteiger partial charge in [0, 0.05) is 6.07 Å². The van der Waals surface area contributed by atoms with E-state index in [1.54, 1.807) is 20.8 Å². The lowest BCUT2D eigenvalue weighted by atomic mass is 9.87. The molecule has 1 unspecified atom stereocenters. The summed E-state index contributed by atoms with van der Waals surface area (Å²) in [7, 11) is 0. The van der Waals surface area contributed by atoms with Crippen molar-refractivity contribution in [3.63, 3.8) is 0 Å². The van der Waals surface area contributed by atoms with Gasteiger partial charge in [-0.25, -0.2) is 0 Å². The van der Waals surface area contributed by atoms with Crippen LogP contribution in [-0.4, -0.2) is 27.6 Å². The van der Waals surface area contributed by atoms with E-state index in [0.29, 0.717) is 18.6 Å². The summed E-state index contributed by atoms with van der Waals surface area (Å²) >= 11 is 0. The Morgan fingerprint density at radius 2 is 2.00 bits per heavy atom. The predicted molar refractivity (Wildman–Crippen MR) is 94.0 cm³/mol. The second-order valence-corrected chi connectivity index (χ2v) is 6.53. The van der Waals surface area contributed by atoms with Crippen molar-refractivity contribution in [2.24, 2.45) is 10.5 Å². The summed E-state index contributed by atoms with van der Waals surface area (Å²) in [6.07, 6.45) is 1.61. The molecule has 0 saturated heterocycles. The molecule has 1 aromatic carbocycles. The summed E-state index contributed by atoms with van der Waals surface area (Å²) in [5.41, 5.74) is 1.38. The van der Waals surface area contributed by atoms with Gasteiger partial charge >= 0.3 is 11.7 Å². The van der Waals surface area contributed by atoms with Crippen LogP contribution in [0.4, 0.5) is 17.1 Å². The number of rotatable bonds is 6. The minimum atomic E-state index is -0.896. The zero-order chi connectivity index (χ0) is 19.5. The van der Waals surface area contributed by atoms with E-state index in [2.05, 4.69) is 10.5 Å². The van der Waals surface area contributed by atoms with Crippen molar-refractivity contribution in [2.45, 2.75) is 46.1 Å². The standard InChI is InChI=1S/C16H20N4O6/c1-10(2)26-15(21)16(3)8-4-5-14(16)18-17-12-7-6-11(19(22)23)9-13(12)20(24)25/h6-7,9-10,17H,4-5,8H2,1-3H3. The minimum Gasteiger partial charge on any atom is -0.462 e. The number of ether oxygens (including phenoxy) is 1. The third-order valence-electron chi connectivity index (χ3n) is 4.22. The molecule has 0 spiro atoms. The third-order valence-corrected chi connectivity index (χ3v) is 4.22. The maximum absolute atomic E-state index is 12.4. The topological polar surface area (TPSA) is 137 Å². The van der Waals surface area contributed by atoms with Gasteiger partial charge in [-0.05, 0) is 46.1 Å². The summed E-state index contributed by atoms with van der Waals surface area (Å²) in [5, 5.41) is 26.1. The summed E-state index contributed by atoms with van der Waals surface area (Å²) in [6.45, 7) is 5.24. The average molecular weight is 364 g/mol. The van der Waals surface area contributed by atoms with Gasteiger partial charge in [0.05, 0.1) is 27.7 Å². The maximum atomic E-state index is 12.4. The van der Waals surface area contributed by atoms with Crippen LogP contribution in [0.25, 0.3) is 0 Å². The zero-order valence-corrected chi connectivity index (χ0v) is 14.7. The van der Waals surface area contributed by atoms with Gasteiger partial charge < -0.3 is 4.74 Å². The number of hydrogen-bond acceptors (Lipinski definition) is 8. The van der Waals surface area contributed by atoms with Gasteiger partial charge in [-0.3, -0.25) is 30.4 Å². The number of non-ortho nitro benzene ring substituents is 1. The van der Waals surface area contributed by atoms with Crippen LogP contribution in [0.2, 0.25) is 0 Å². The highest BCUT2D eigenvalue weighted by Crippen LogP contribution is 2.37. The number of benzene rings is 1. The monoisotopic (exact) mass is 364 g/mol. The Hall–Kier alpha value is -3.04. The van der Waals surface area contributed by atoms with Crippen molar-refractivity contribution in [2.75, 3.05) is 5.43 Å². The highest BCUT2D eigenvalue weighted by atomic mass is 16.6. The van der Waals surface area contributed by atoms with E-state index < -0.39 is 20.9 Å². The Morgan fingerprint density at radius 3 is 2.58 bits per heavy atom. The SMILES string of the molecule is CC(C)OC(=O)C1(C)CCCC1=NNc1ccc([N+](=O)[O-])cc1[N+](=O)[O-]. The first-order chi connectivity index (χ1) is 12.1. The lowest BCUT2D eigenvalue weighted by Crippen LogP contribution is -2.35. The second kappa shape index (κ2) is 7.46. The number of nitro groups is 2. The summed E-state index contributed by atoms with van der Waals surface area (Å²) in [4.78, 5) is 32.9. The van der Waals surface area contributed by atoms with Crippen LogP contribution in [0.3, 0.4) is 0 Å². The lowest BCUT2D eigenvalue weighted by molar-refractivity contribution is -0.393. The van der Waals surface area contributed by atoms with E-state index in [-0.39, 0.29) is 23.4 Å². The Kier molecular flexibility index (Phi) is 5.53.